The number of nitrogens with zero attached hydrogens (tertiary/aromatic N) is 3. The van der Waals surface area contributed by atoms with Crippen LogP contribution >= 0.6 is 0 Å². The van der Waals surface area contributed by atoms with Gasteiger partial charge >= 0.3 is 0 Å². The molecule has 104 valence electrons. The van der Waals surface area contributed by atoms with Crippen LogP contribution in [0.3, 0.4) is 0 Å². The largest absolute Gasteiger partial charge is 0.375 e. The zero-order valence-electron chi connectivity index (χ0n) is 11.7. The maximum atomic E-state index is 12.1. The van der Waals surface area contributed by atoms with E-state index in [4.69, 9.17) is 0 Å². The molecule has 0 saturated carbocycles. The third kappa shape index (κ3) is 2.15. The summed E-state index contributed by atoms with van der Waals surface area (Å²) in [6, 6.07) is 8.02. The number of benzene rings is 1. The van der Waals surface area contributed by atoms with Crippen LogP contribution in [0.1, 0.15) is 24.9 Å². The van der Waals surface area contributed by atoms with Gasteiger partial charge in [-0.25, -0.2) is 0 Å². The van der Waals surface area contributed by atoms with Crippen molar-refractivity contribution in [1.29, 1.82) is 0 Å². The molecule has 1 unspecified atom stereocenters. The van der Waals surface area contributed by atoms with Crippen LogP contribution in [0, 0.1) is 0 Å². The van der Waals surface area contributed by atoms with Crippen molar-refractivity contribution in [2.75, 3.05) is 17.3 Å². The summed E-state index contributed by atoms with van der Waals surface area (Å²) in [5, 5.41) is 7.66. The van der Waals surface area contributed by atoms with Gasteiger partial charge in [0.25, 0.3) is 0 Å². The van der Waals surface area contributed by atoms with Crippen LogP contribution in [0.5, 0.6) is 0 Å². The SMILES string of the molecule is CCn1cc(NC2CC(=O)N(C)c3ccccc32)cn1. The van der Waals surface area contributed by atoms with Crippen molar-refractivity contribution in [3.63, 3.8) is 0 Å². The van der Waals surface area contributed by atoms with Crippen molar-refractivity contribution in [2.45, 2.75) is 25.9 Å². The minimum Gasteiger partial charge on any atom is -0.375 e. The summed E-state index contributed by atoms with van der Waals surface area (Å²) in [7, 11) is 1.83. The predicted molar refractivity (Wildman–Crippen MR) is 78.7 cm³/mol. The average molecular weight is 270 g/mol. The lowest BCUT2D eigenvalue weighted by atomic mass is 9.96. The minimum absolute atomic E-state index is 0.00408. The second-order valence-electron chi connectivity index (χ2n) is 5.00. The number of rotatable bonds is 3. The highest BCUT2D eigenvalue weighted by Gasteiger charge is 2.28. The number of fused-ring (bicyclic) bond motifs is 1. The molecule has 2 heterocycles. The second kappa shape index (κ2) is 5.00. The minimum atomic E-state index is 0.00408. The summed E-state index contributed by atoms with van der Waals surface area (Å²) >= 11 is 0. The fourth-order valence-corrected chi connectivity index (χ4v) is 2.58. The van der Waals surface area contributed by atoms with Crippen molar-refractivity contribution in [3.8, 4) is 0 Å². The highest BCUT2D eigenvalue weighted by molar-refractivity contribution is 5.96. The third-order valence-corrected chi connectivity index (χ3v) is 3.72. The first-order valence-electron chi connectivity index (χ1n) is 6.83. The Morgan fingerprint density at radius 1 is 1.40 bits per heavy atom. The summed E-state index contributed by atoms with van der Waals surface area (Å²) < 4.78 is 1.87. The Balaban J connectivity index is 1.90. The van der Waals surface area contributed by atoms with E-state index in [0.717, 1.165) is 23.5 Å². The van der Waals surface area contributed by atoms with Gasteiger partial charge in [0, 0.05) is 25.5 Å². The Labute approximate surface area is 118 Å². The Kier molecular flexibility index (Phi) is 3.18. The highest BCUT2D eigenvalue weighted by Crippen LogP contribution is 2.35. The van der Waals surface area contributed by atoms with Gasteiger partial charge in [-0.1, -0.05) is 18.2 Å². The Hall–Kier alpha value is -2.30. The molecule has 1 aliphatic rings. The number of amides is 1. The van der Waals surface area contributed by atoms with Crippen molar-refractivity contribution in [3.05, 3.63) is 42.2 Å². The van der Waals surface area contributed by atoms with E-state index in [2.05, 4.69) is 16.5 Å². The molecule has 2 aromatic rings. The lowest BCUT2D eigenvalue weighted by Crippen LogP contribution is -2.35. The van der Waals surface area contributed by atoms with Crippen LogP contribution in [0.25, 0.3) is 0 Å². The van der Waals surface area contributed by atoms with Crippen LogP contribution in [-0.4, -0.2) is 22.7 Å². The fourth-order valence-electron chi connectivity index (χ4n) is 2.58. The number of aryl methyl sites for hydroxylation is 1. The standard InChI is InChI=1S/C15H18N4O/c1-3-19-10-11(9-16-19)17-13-8-15(20)18(2)14-7-5-4-6-12(13)14/h4-7,9-10,13,17H,3,8H2,1-2H3. The van der Waals surface area contributed by atoms with Crippen LogP contribution in [-0.2, 0) is 11.3 Å². The third-order valence-electron chi connectivity index (χ3n) is 3.72. The lowest BCUT2D eigenvalue weighted by Gasteiger charge is -2.32. The zero-order chi connectivity index (χ0) is 14.1. The number of carbonyl (C=O) groups is 1. The number of hydrogen-bond acceptors (Lipinski definition) is 3. The van der Waals surface area contributed by atoms with Crippen LogP contribution < -0.4 is 10.2 Å². The molecule has 1 aromatic carbocycles. The maximum Gasteiger partial charge on any atom is 0.229 e. The molecule has 0 saturated heterocycles. The molecule has 0 spiro atoms. The molecule has 0 bridgehead atoms. The monoisotopic (exact) mass is 270 g/mol. The molecule has 1 atom stereocenters. The number of hydrogen-bond donors (Lipinski definition) is 1. The van der Waals surface area contributed by atoms with Crippen molar-refractivity contribution >= 4 is 17.3 Å². The molecule has 3 rings (SSSR count). The average Bonchev–Trinajstić information content (AvgIpc) is 2.92. The number of anilines is 2. The predicted octanol–water partition coefficient (Wildman–Crippen LogP) is 2.42. The number of para-hydroxylation sites is 1. The molecule has 1 aromatic heterocycles. The van der Waals surface area contributed by atoms with Gasteiger partial charge in [0.1, 0.15) is 0 Å². The molecule has 0 fully saturated rings. The summed E-state index contributed by atoms with van der Waals surface area (Å²) in [6.07, 6.45) is 4.23. The van der Waals surface area contributed by atoms with Gasteiger partial charge in [-0.05, 0) is 18.6 Å². The van der Waals surface area contributed by atoms with E-state index in [9.17, 15) is 4.79 Å². The van der Waals surface area contributed by atoms with E-state index < -0.39 is 0 Å². The van der Waals surface area contributed by atoms with E-state index in [0.29, 0.717) is 6.42 Å². The fraction of sp³-hybridized carbons (Fsp3) is 0.333. The first-order chi connectivity index (χ1) is 9.69. The van der Waals surface area contributed by atoms with Crippen LogP contribution in [0.2, 0.25) is 0 Å². The first kappa shape index (κ1) is 12.7. The van der Waals surface area contributed by atoms with Gasteiger partial charge in [0.15, 0.2) is 0 Å². The molecule has 5 heteroatoms. The summed E-state index contributed by atoms with van der Waals surface area (Å²) in [4.78, 5) is 13.8. The molecule has 0 aliphatic carbocycles. The topological polar surface area (TPSA) is 50.2 Å². The maximum absolute atomic E-state index is 12.1. The lowest BCUT2D eigenvalue weighted by molar-refractivity contribution is -0.118. The second-order valence-corrected chi connectivity index (χ2v) is 5.00. The van der Waals surface area contributed by atoms with Crippen LogP contribution in [0.4, 0.5) is 11.4 Å². The number of aromatic nitrogens is 2. The van der Waals surface area contributed by atoms with E-state index in [1.807, 2.05) is 43.0 Å². The molecule has 5 nitrogen and oxygen atoms in total. The van der Waals surface area contributed by atoms with E-state index >= 15 is 0 Å². The molecule has 20 heavy (non-hydrogen) atoms. The van der Waals surface area contributed by atoms with Crippen LogP contribution in [0.15, 0.2) is 36.7 Å². The van der Waals surface area contributed by atoms with E-state index in [1.165, 1.54) is 0 Å². The van der Waals surface area contributed by atoms with Crippen molar-refractivity contribution < 1.29 is 4.79 Å². The van der Waals surface area contributed by atoms with Gasteiger partial charge in [-0.15, -0.1) is 0 Å². The van der Waals surface area contributed by atoms with Gasteiger partial charge < -0.3 is 10.2 Å². The molecule has 1 aliphatic heterocycles. The number of nitrogens with one attached hydrogen (secondary N) is 1. The van der Waals surface area contributed by atoms with Gasteiger partial charge in [-0.3, -0.25) is 9.48 Å². The zero-order valence-corrected chi connectivity index (χ0v) is 11.7. The molecule has 1 N–H and O–H groups in total. The number of carbonyl (C=O) groups excluding carboxylic acids is 1. The molecule has 1 amide bonds. The Morgan fingerprint density at radius 2 is 2.20 bits per heavy atom. The summed E-state index contributed by atoms with van der Waals surface area (Å²) in [5.41, 5.74) is 3.08. The van der Waals surface area contributed by atoms with E-state index in [-0.39, 0.29) is 11.9 Å². The van der Waals surface area contributed by atoms with Gasteiger partial charge in [0.2, 0.25) is 5.91 Å². The Morgan fingerprint density at radius 3 is 2.95 bits per heavy atom. The smallest absolute Gasteiger partial charge is 0.229 e. The Bertz CT molecular complexity index is 634. The normalized spacial score (nSPS) is 18.0. The highest BCUT2D eigenvalue weighted by atomic mass is 16.2. The first-order valence-corrected chi connectivity index (χ1v) is 6.83. The molecular formula is C15H18N4O. The quantitative estimate of drug-likeness (QED) is 0.932. The van der Waals surface area contributed by atoms with Gasteiger partial charge in [-0.2, -0.15) is 5.10 Å². The van der Waals surface area contributed by atoms with Crippen molar-refractivity contribution in [2.24, 2.45) is 0 Å². The van der Waals surface area contributed by atoms with Gasteiger partial charge in [0.05, 0.1) is 24.3 Å². The summed E-state index contributed by atoms with van der Waals surface area (Å²) in [6.45, 7) is 2.88. The molecular weight excluding hydrogens is 252 g/mol. The van der Waals surface area contributed by atoms with Crippen molar-refractivity contribution in [1.82, 2.24) is 9.78 Å². The summed E-state index contributed by atoms with van der Waals surface area (Å²) in [5.74, 6) is 0.129. The van der Waals surface area contributed by atoms with E-state index in [1.54, 1.807) is 11.1 Å². The molecule has 0 radical (unpaired) electrons.